The summed E-state index contributed by atoms with van der Waals surface area (Å²) in [6, 6.07) is 7.29. The molecule has 0 saturated carbocycles. The number of aldehydes is 1. The average molecular weight is 275 g/mol. The Bertz CT molecular complexity index is 406. The molecule has 3 nitrogen and oxygen atoms in total. The van der Waals surface area contributed by atoms with Crippen molar-refractivity contribution < 1.29 is 9.53 Å². The second-order valence-corrected chi connectivity index (χ2v) is 6.09. The first-order valence-electron chi connectivity index (χ1n) is 7.57. The highest BCUT2D eigenvalue weighted by molar-refractivity contribution is 5.74. The van der Waals surface area contributed by atoms with Crippen molar-refractivity contribution >= 4 is 6.29 Å². The third kappa shape index (κ3) is 4.64. The van der Waals surface area contributed by atoms with Crippen LogP contribution in [0.5, 0.6) is 5.75 Å². The highest BCUT2D eigenvalue weighted by atomic mass is 16.5. The van der Waals surface area contributed by atoms with Gasteiger partial charge in [-0.05, 0) is 48.9 Å². The Morgan fingerprint density at radius 2 is 1.85 bits per heavy atom. The molecular formula is C17H25NO2. The van der Waals surface area contributed by atoms with Crippen LogP contribution in [-0.2, 0) is 0 Å². The topological polar surface area (TPSA) is 29.5 Å². The van der Waals surface area contributed by atoms with Crippen LogP contribution in [0.2, 0.25) is 0 Å². The fourth-order valence-electron chi connectivity index (χ4n) is 3.10. The number of carbonyl (C=O) groups is 1. The molecule has 2 rings (SSSR count). The summed E-state index contributed by atoms with van der Waals surface area (Å²) in [5.41, 5.74) is 0.689. The van der Waals surface area contributed by atoms with Crippen LogP contribution in [0.4, 0.5) is 0 Å². The summed E-state index contributed by atoms with van der Waals surface area (Å²) in [7, 11) is 0. The summed E-state index contributed by atoms with van der Waals surface area (Å²) in [5, 5.41) is 0. The Balaban J connectivity index is 1.66. The zero-order chi connectivity index (χ0) is 14.4. The van der Waals surface area contributed by atoms with E-state index in [2.05, 4.69) is 18.7 Å². The second-order valence-electron chi connectivity index (χ2n) is 6.09. The quantitative estimate of drug-likeness (QED) is 0.589. The molecule has 0 aromatic heterocycles. The predicted octanol–water partition coefficient (Wildman–Crippen LogP) is 3.25. The largest absolute Gasteiger partial charge is 0.494 e. The number of hydrogen-bond acceptors (Lipinski definition) is 3. The van der Waals surface area contributed by atoms with Crippen molar-refractivity contribution in [1.29, 1.82) is 0 Å². The maximum atomic E-state index is 10.6. The first kappa shape index (κ1) is 15.0. The number of ether oxygens (including phenoxy) is 1. The van der Waals surface area contributed by atoms with Gasteiger partial charge in [0.05, 0.1) is 6.61 Å². The molecule has 0 N–H and O–H groups in total. The van der Waals surface area contributed by atoms with Gasteiger partial charge in [-0.3, -0.25) is 4.79 Å². The van der Waals surface area contributed by atoms with Gasteiger partial charge in [0.2, 0.25) is 0 Å². The van der Waals surface area contributed by atoms with Gasteiger partial charge in [-0.15, -0.1) is 0 Å². The van der Waals surface area contributed by atoms with E-state index in [0.29, 0.717) is 5.56 Å². The molecule has 0 spiro atoms. The van der Waals surface area contributed by atoms with Gasteiger partial charge in [0.1, 0.15) is 12.0 Å². The van der Waals surface area contributed by atoms with Crippen LogP contribution in [0.15, 0.2) is 24.3 Å². The van der Waals surface area contributed by atoms with Gasteiger partial charge in [0.25, 0.3) is 0 Å². The summed E-state index contributed by atoms with van der Waals surface area (Å²) < 4.78 is 5.71. The summed E-state index contributed by atoms with van der Waals surface area (Å²) in [6.07, 6.45) is 3.26. The van der Waals surface area contributed by atoms with Gasteiger partial charge in [-0.2, -0.15) is 0 Å². The molecule has 0 amide bonds. The van der Waals surface area contributed by atoms with Crippen molar-refractivity contribution in [2.45, 2.75) is 26.7 Å². The number of hydrogen-bond donors (Lipinski definition) is 0. The third-order valence-electron chi connectivity index (χ3n) is 3.85. The molecule has 0 radical (unpaired) electrons. The molecule has 1 saturated heterocycles. The zero-order valence-electron chi connectivity index (χ0n) is 12.5. The van der Waals surface area contributed by atoms with E-state index < -0.39 is 0 Å². The molecule has 20 heavy (non-hydrogen) atoms. The lowest BCUT2D eigenvalue weighted by molar-refractivity contribution is 0.112. The number of nitrogens with zero attached hydrogens (tertiary/aromatic N) is 1. The van der Waals surface area contributed by atoms with Gasteiger partial charge < -0.3 is 9.64 Å². The first-order valence-corrected chi connectivity index (χ1v) is 7.57. The zero-order valence-corrected chi connectivity index (χ0v) is 12.5. The maximum absolute atomic E-state index is 10.6. The number of benzene rings is 1. The van der Waals surface area contributed by atoms with Crippen molar-refractivity contribution in [3.63, 3.8) is 0 Å². The van der Waals surface area contributed by atoms with E-state index >= 15 is 0 Å². The van der Waals surface area contributed by atoms with Gasteiger partial charge >= 0.3 is 0 Å². The second kappa shape index (κ2) is 7.44. The normalized spacial score (nSPS) is 23.5. The van der Waals surface area contributed by atoms with Crippen LogP contribution in [0.25, 0.3) is 0 Å². The first-order chi connectivity index (χ1) is 9.67. The molecule has 3 heteroatoms. The minimum atomic E-state index is 0.689. The summed E-state index contributed by atoms with van der Waals surface area (Å²) in [4.78, 5) is 13.1. The predicted molar refractivity (Wildman–Crippen MR) is 81.3 cm³/mol. The molecule has 1 fully saturated rings. The highest BCUT2D eigenvalue weighted by Crippen LogP contribution is 2.20. The van der Waals surface area contributed by atoms with Gasteiger partial charge in [0, 0.05) is 25.2 Å². The van der Waals surface area contributed by atoms with E-state index in [1.54, 1.807) is 12.1 Å². The summed E-state index contributed by atoms with van der Waals surface area (Å²) in [5.74, 6) is 2.47. The monoisotopic (exact) mass is 275 g/mol. The number of piperidine rings is 1. The fraction of sp³-hybridized carbons (Fsp3) is 0.588. The molecule has 110 valence electrons. The van der Waals surface area contributed by atoms with Crippen molar-refractivity contribution in [3.05, 3.63) is 29.8 Å². The smallest absolute Gasteiger partial charge is 0.150 e. The lowest BCUT2D eigenvalue weighted by Gasteiger charge is -2.34. The highest BCUT2D eigenvalue weighted by Gasteiger charge is 2.20. The Kier molecular flexibility index (Phi) is 5.60. The Morgan fingerprint density at radius 1 is 1.20 bits per heavy atom. The molecular weight excluding hydrogens is 250 g/mol. The van der Waals surface area contributed by atoms with Gasteiger partial charge in [-0.1, -0.05) is 13.8 Å². The Morgan fingerprint density at radius 3 is 2.45 bits per heavy atom. The number of carbonyl (C=O) groups excluding carboxylic acids is 1. The average Bonchev–Trinajstić information content (AvgIpc) is 2.43. The van der Waals surface area contributed by atoms with Crippen LogP contribution in [0, 0.1) is 11.8 Å². The van der Waals surface area contributed by atoms with Crippen LogP contribution >= 0.6 is 0 Å². The van der Waals surface area contributed by atoms with Crippen LogP contribution in [0.1, 0.15) is 37.0 Å². The Labute approximate surface area is 121 Å². The molecule has 2 atom stereocenters. The summed E-state index contributed by atoms with van der Waals surface area (Å²) >= 11 is 0. The third-order valence-corrected chi connectivity index (χ3v) is 3.85. The number of rotatable bonds is 6. The van der Waals surface area contributed by atoms with Crippen molar-refractivity contribution in [2.75, 3.05) is 26.2 Å². The Hall–Kier alpha value is -1.35. The molecule has 1 aromatic rings. The van der Waals surface area contributed by atoms with Crippen molar-refractivity contribution in [1.82, 2.24) is 4.90 Å². The molecule has 0 unspecified atom stereocenters. The molecule has 1 aliphatic rings. The molecule has 1 aromatic carbocycles. The van der Waals surface area contributed by atoms with Crippen LogP contribution in [0.3, 0.4) is 0 Å². The van der Waals surface area contributed by atoms with Crippen LogP contribution < -0.4 is 4.74 Å². The van der Waals surface area contributed by atoms with Gasteiger partial charge in [-0.25, -0.2) is 0 Å². The standard InChI is InChI=1S/C17H25NO2/c1-14-10-15(2)12-18(11-14)8-3-9-20-17-6-4-16(13-19)5-7-17/h4-7,13-15H,3,8-12H2,1-2H3/t14-,15-/m1/s1. The van der Waals surface area contributed by atoms with E-state index in [4.69, 9.17) is 4.74 Å². The van der Waals surface area contributed by atoms with E-state index in [-0.39, 0.29) is 0 Å². The van der Waals surface area contributed by atoms with E-state index in [0.717, 1.165) is 43.4 Å². The molecule has 0 aliphatic carbocycles. The van der Waals surface area contributed by atoms with E-state index in [9.17, 15) is 4.79 Å². The lowest BCUT2D eigenvalue weighted by atomic mass is 9.92. The molecule has 1 heterocycles. The van der Waals surface area contributed by atoms with E-state index in [1.807, 2.05) is 12.1 Å². The molecule has 1 aliphatic heterocycles. The summed E-state index contributed by atoms with van der Waals surface area (Å²) in [6.45, 7) is 8.97. The van der Waals surface area contributed by atoms with Crippen molar-refractivity contribution in [3.8, 4) is 5.75 Å². The van der Waals surface area contributed by atoms with Gasteiger partial charge in [0.15, 0.2) is 0 Å². The SMILES string of the molecule is C[C@@H]1C[C@@H](C)CN(CCCOc2ccc(C=O)cc2)C1. The maximum Gasteiger partial charge on any atom is 0.150 e. The van der Waals surface area contributed by atoms with E-state index in [1.165, 1.54) is 19.5 Å². The lowest BCUT2D eigenvalue weighted by Crippen LogP contribution is -2.39. The van der Waals surface area contributed by atoms with Crippen LogP contribution in [-0.4, -0.2) is 37.4 Å². The molecule has 0 bridgehead atoms. The fourth-order valence-corrected chi connectivity index (χ4v) is 3.10. The van der Waals surface area contributed by atoms with Crippen molar-refractivity contribution in [2.24, 2.45) is 11.8 Å². The number of likely N-dealkylation sites (tertiary alicyclic amines) is 1. The minimum absolute atomic E-state index is 0.689. The minimum Gasteiger partial charge on any atom is -0.494 e.